The Morgan fingerprint density at radius 2 is 1.03 bits per heavy atom. The number of carbonyl (C=O) groups excluding carboxylic acids is 1. The van der Waals surface area contributed by atoms with Crippen LogP contribution < -0.4 is 11.5 Å². The molecule has 0 spiro atoms. The number of hydrogen-bond donors (Lipinski definition) is 4. The van der Waals surface area contributed by atoms with Crippen LogP contribution in [-0.2, 0) is 14.4 Å². The normalized spacial score (nSPS) is 11.4. The number of unbranched alkanes of at least 4 members (excludes halogenated alkanes) is 14. The number of amides is 1. The molecule has 178 valence electrons. The average Bonchev–Trinajstić information content (AvgIpc) is 2.69. The second-order valence-corrected chi connectivity index (χ2v) is 8.04. The summed E-state index contributed by atoms with van der Waals surface area (Å²) in [6.07, 6.45) is 20.7. The first kappa shape index (κ1) is 30.6. The van der Waals surface area contributed by atoms with E-state index < -0.39 is 18.0 Å². The second-order valence-electron chi connectivity index (χ2n) is 8.04. The van der Waals surface area contributed by atoms with Gasteiger partial charge in [-0.2, -0.15) is 0 Å². The summed E-state index contributed by atoms with van der Waals surface area (Å²) < 4.78 is 0. The molecule has 0 fully saturated rings. The van der Waals surface area contributed by atoms with Gasteiger partial charge in [0.25, 0.3) is 0 Å². The molecule has 0 radical (unpaired) electrons. The van der Waals surface area contributed by atoms with Gasteiger partial charge in [0.05, 0.1) is 0 Å². The first-order chi connectivity index (χ1) is 14.3. The molecule has 0 aromatic heterocycles. The van der Waals surface area contributed by atoms with Crippen molar-refractivity contribution in [3.05, 3.63) is 0 Å². The van der Waals surface area contributed by atoms with Crippen molar-refractivity contribution in [2.75, 3.05) is 0 Å². The summed E-state index contributed by atoms with van der Waals surface area (Å²) in [5.41, 5.74) is 10.1. The van der Waals surface area contributed by atoms with Crippen molar-refractivity contribution in [2.24, 2.45) is 11.5 Å². The Morgan fingerprint density at radius 1 is 0.667 bits per heavy atom. The van der Waals surface area contributed by atoms with Gasteiger partial charge in [0.1, 0.15) is 6.04 Å². The van der Waals surface area contributed by atoms with E-state index in [0.29, 0.717) is 6.42 Å². The van der Waals surface area contributed by atoms with E-state index in [9.17, 15) is 14.4 Å². The first-order valence-electron chi connectivity index (χ1n) is 11.8. The molecule has 0 aliphatic carbocycles. The molecule has 30 heavy (non-hydrogen) atoms. The zero-order valence-corrected chi connectivity index (χ0v) is 19.1. The molecule has 0 bridgehead atoms. The highest BCUT2D eigenvalue weighted by Crippen LogP contribution is 2.13. The van der Waals surface area contributed by atoms with Crippen molar-refractivity contribution < 1.29 is 24.6 Å². The van der Waals surface area contributed by atoms with Gasteiger partial charge < -0.3 is 21.7 Å². The summed E-state index contributed by atoms with van der Waals surface area (Å²) in [6, 6.07) is -1.06. The van der Waals surface area contributed by atoms with Crippen molar-refractivity contribution in [1.29, 1.82) is 0 Å². The lowest BCUT2D eigenvalue weighted by atomic mass is 10.0. The molecule has 6 N–H and O–H groups in total. The Kier molecular flexibility index (Phi) is 24.1. The smallest absolute Gasteiger partial charge is 0.320 e. The Labute approximate surface area is 183 Å². The number of hydrogen-bond acceptors (Lipinski definition) is 4. The highest BCUT2D eigenvalue weighted by molar-refractivity contribution is 5.74. The van der Waals surface area contributed by atoms with Gasteiger partial charge in [-0.15, -0.1) is 0 Å². The number of rotatable bonds is 20. The minimum atomic E-state index is -1.17. The number of carbonyl (C=O) groups is 3. The molecule has 0 saturated heterocycles. The summed E-state index contributed by atoms with van der Waals surface area (Å²) in [6.45, 7) is 2.28. The minimum absolute atomic E-state index is 0.0231. The molecule has 0 aromatic carbocycles. The zero-order valence-electron chi connectivity index (χ0n) is 19.1. The van der Waals surface area contributed by atoms with Gasteiger partial charge in [0.2, 0.25) is 5.91 Å². The van der Waals surface area contributed by atoms with Gasteiger partial charge in [-0.05, 0) is 12.8 Å². The van der Waals surface area contributed by atoms with E-state index in [4.69, 9.17) is 21.7 Å². The quantitative estimate of drug-likeness (QED) is 0.200. The average molecular weight is 431 g/mol. The fourth-order valence-corrected chi connectivity index (χ4v) is 3.07. The number of nitrogens with two attached hydrogens (primary N) is 2. The predicted molar refractivity (Wildman–Crippen MR) is 121 cm³/mol. The minimum Gasteiger partial charge on any atom is -0.481 e. The lowest BCUT2D eigenvalue weighted by Crippen LogP contribution is -2.30. The van der Waals surface area contributed by atoms with Gasteiger partial charge in [-0.3, -0.25) is 14.4 Å². The van der Waals surface area contributed by atoms with Crippen LogP contribution in [0.5, 0.6) is 0 Å². The Hall–Kier alpha value is -1.63. The van der Waals surface area contributed by atoms with Gasteiger partial charge in [0, 0.05) is 12.8 Å². The van der Waals surface area contributed by atoms with Crippen LogP contribution in [0.4, 0.5) is 0 Å². The maximum atomic E-state index is 10.6. The lowest BCUT2D eigenvalue weighted by molar-refractivity contribution is -0.139. The third-order valence-electron chi connectivity index (χ3n) is 5.01. The zero-order chi connectivity index (χ0) is 23.0. The van der Waals surface area contributed by atoms with Crippen LogP contribution in [0.1, 0.15) is 122 Å². The SMILES string of the molecule is CCCCCCCCCCCCCCCCCC(N)=O.N[C@@H](CCC(=O)O)C(=O)O. The molecular weight excluding hydrogens is 384 g/mol. The summed E-state index contributed by atoms with van der Waals surface area (Å²) in [5, 5.41) is 16.3. The van der Waals surface area contributed by atoms with Crippen molar-refractivity contribution in [3.8, 4) is 0 Å². The first-order valence-corrected chi connectivity index (χ1v) is 11.8. The highest BCUT2D eigenvalue weighted by atomic mass is 16.4. The van der Waals surface area contributed by atoms with Crippen LogP contribution in [0.25, 0.3) is 0 Å². The summed E-state index contributed by atoms with van der Waals surface area (Å²) in [7, 11) is 0. The molecular formula is C23H46N2O5. The van der Waals surface area contributed by atoms with E-state index in [1.54, 1.807) is 0 Å². The van der Waals surface area contributed by atoms with Gasteiger partial charge >= 0.3 is 11.9 Å². The number of carboxylic acid groups (broad SMARTS) is 2. The van der Waals surface area contributed by atoms with Crippen LogP contribution in [-0.4, -0.2) is 34.1 Å². The monoisotopic (exact) mass is 430 g/mol. The molecule has 0 aliphatic heterocycles. The molecule has 7 heteroatoms. The van der Waals surface area contributed by atoms with E-state index in [1.807, 2.05) is 0 Å². The van der Waals surface area contributed by atoms with Crippen LogP contribution in [0, 0.1) is 0 Å². The third-order valence-corrected chi connectivity index (χ3v) is 5.01. The van der Waals surface area contributed by atoms with Crippen LogP contribution >= 0.6 is 0 Å². The maximum absolute atomic E-state index is 10.6. The second kappa shape index (κ2) is 23.6. The lowest BCUT2D eigenvalue weighted by Gasteiger charge is -2.03. The van der Waals surface area contributed by atoms with Crippen molar-refractivity contribution in [1.82, 2.24) is 0 Å². The maximum Gasteiger partial charge on any atom is 0.320 e. The molecule has 0 aromatic rings. The van der Waals surface area contributed by atoms with Gasteiger partial charge in [0.15, 0.2) is 0 Å². The van der Waals surface area contributed by atoms with E-state index >= 15 is 0 Å². The van der Waals surface area contributed by atoms with Crippen LogP contribution in [0.2, 0.25) is 0 Å². The largest absolute Gasteiger partial charge is 0.481 e. The summed E-state index contributed by atoms with van der Waals surface area (Å²) in [5.74, 6) is -2.35. The van der Waals surface area contributed by atoms with Gasteiger partial charge in [-0.1, -0.05) is 96.8 Å². The Morgan fingerprint density at radius 3 is 1.33 bits per heavy atom. The number of carboxylic acids is 2. The Bertz CT molecular complexity index is 430. The van der Waals surface area contributed by atoms with E-state index in [-0.39, 0.29) is 18.7 Å². The summed E-state index contributed by atoms with van der Waals surface area (Å²) >= 11 is 0. The molecule has 0 unspecified atom stereocenters. The van der Waals surface area contributed by atoms with Crippen molar-refractivity contribution in [3.63, 3.8) is 0 Å². The molecule has 1 atom stereocenters. The molecule has 0 aliphatic rings. The highest BCUT2D eigenvalue weighted by Gasteiger charge is 2.12. The van der Waals surface area contributed by atoms with E-state index in [0.717, 1.165) is 6.42 Å². The standard InChI is InChI=1S/C18H37NO.C5H9NO4/c1-2-3-4-5-6-7-8-9-10-11-12-13-14-15-16-17-18(19)20;6-3(5(9)10)1-2-4(7)8/h2-17H2,1H3,(H2,19,20);3H,1-2,6H2,(H,7,8)(H,9,10)/t;3-/m.0/s1. The van der Waals surface area contributed by atoms with E-state index in [2.05, 4.69) is 6.92 Å². The molecule has 0 rings (SSSR count). The van der Waals surface area contributed by atoms with Crippen molar-refractivity contribution in [2.45, 2.75) is 129 Å². The third kappa shape index (κ3) is 28.6. The molecule has 7 nitrogen and oxygen atoms in total. The Balaban J connectivity index is 0. The molecule has 0 saturated carbocycles. The molecule has 0 heterocycles. The number of primary amides is 1. The predicted octanol–water partition coefficient (Wildman–Crippen LogP) is 5.00. The summed E-state index contributed by atoms with van der Waals surface area (Å²) in [4.78, 5) is 30.4. The topological polar surface area (TPSA) is 144 Å². The van der Waals surface area contributed by atoms with Crippen LogP contribution in [0.15, 0.2) is 0 Å². The van der Waals surface area contributed by atoms with Gasteiger partial charge in [-0.25, -0.2) is 0 Å². The van der Waals surface area contributed by atoms with Crippen LogP contribution in [0.3, 0.4) is 0 Å². The molecule has 1 amide bonds. The van der Waals surface area contributed by atoms with Crippen molar-refractivity contribution >= 4 is 17.8 Å². The van der Waals surface area contributed by atoms with E-state index in [1.165, 1.54) is 89.9 Å². The number of aliphatic carboxylic acids is 2. The fourth-order valence-electron chi connectivity index (χ4n) is 3.07. The fraction of sp³-hybridized carbons (Fsp3) is 0.870.